The van der Waals surface area contributed by atoms with E-state index in [2.05, 4.69) is 11.9 Å². The molecule has 2 N–H and O–H groups in total. The van der Waals surface area contributed by atoms with Crippen LogP contribution in [0.2, 0.25) is 0 Å². The van der Waals surface area contributed by atoms with Crippen LogP contribution >= 0.6 is 0 Å². The van der Waals surface area contributed by atoms with Crippen molar-refractivity contribution in [3.63, 3.8) is 0 Å². The Morgan fingerprint density at radius 3 is 2.95 bits per heavy atom. The zero-order chi connectivity index (χ0) is 13.6. The standard InChI is InChI=1S/C14H15F2N3/c1-8-2-5-12-18-13(14(17)19(12)7-8)10-6-9(15)3-4-11(10)16/h3-4,6,8H,2,5,7,17H2,1H3. The number of nitrogens with zero attached hydrogens (tertiary/aromatic N) is 2. The highest BCUT2D eigenvalue weighted by Crippen LogP contribution is 2.32. The van der Waals surface area contributed by atoms with E-state index in [1.807, 2.05) is 4.57 Å². The lowest BCUT2D eigenvalue weighted by Crippen LogP contribution is -2.19. The molecule has 1 atom stereocenters. The van der Waals surface area contributed by atoms with Crippen molar-refractivity contribution in [2.45, 2.75) is 26.3 Å². The third-order valence-corrected chi connectivity index (χ3v) is 3.62. The van der Waals surface area contributed by atoms with Gasteiger partial charge in [0.1, 0.15) is 29.0 Å². The number of hydrogen-bond acceptors (Lipinski definition) is 2. The third kappa shape index (κ3) is 1.99. The van der Waals surface area contributed by atoms with Gasteiger partial charge >= 0.3 is 0 Å². The molecule has 2 aromatic rings. The van der Waals surface area contributed by atoms with Crippen molar-refractivity contribution < 1.29 is 8.78 Å². The number of rotatable bonds is 1. The van der Waals surface area contributed by atoms with Crippen molar-refractivity contribution in [3.8, 4) is 11.3 Å². The van der Waals surface area contributed by atoms with Crippen molar-refractivity contribution in [2.75, 3.05) is 5.73 Å². The predicted molar refractivity (Wildman–Crippen MR) is 69.5 cm³/mol. The van der Waals surface area contributed by atoms with Gasteiger partial charge in [0.25, 0.3) is 0 Å². The Kier molecular flexibility index (Phi) is 2.77. The first-order valence-electron chi connectivity index (χ1n) is 6.36. The van der Waals surface area contributed by atoms with E-state index in [4.69, 9.17) is 5.73 Å². The second-order valence-electron chi connectivity index (χ2n) is 5.14. The van der Waals surface area contributed by atoms with Gasteiger partial charge < -0.3 is 10.3 Å². The number of fused-ring (bicyclic) bond motifs is 1. The van der Waals surface area contributed by atoms with E-state index in [0.717, 1.165) is 43.4 Å². The minimum absolute atomic E-state index is 0.132. The molecule has 19 heavy (non-hydrogen) atoms. The molecule has 1 aliphatic rings. The molecule has 0 spiro atoms. The lowest BCUT2D eigenvalue weighted by Gasteiger charge is -2.20. The van der Waals surface area contributed by atoms with Crippen molar-refractivity contribution in [1.82, 2.24) is 9.55 Å². The lowest BCUT2D eigenvalue weighted by atomic mass is 10.0. The molecule has 1 aromatic heterocycles. The topological polar surface area (TPSA) is 43.8 Å². The fourth-order valence-corrected chi connectivity index (χ4v) is 2.56. The normalized spacial score (nSPS) is 18.4. The molecule has 0 bridgehead atoms. The van der Waals surface area contributed by atoms with Gasteiger partial charge in [-0.1, -0.05) is 6.92 Å². The Balaban J connectivity index is 2.14. The molecule has 5 heteroatoms. The van der Waals surface area contributed by atoms with E-state index in [1.54, 1.807) is 0 Å². The molecule has 2 heterocycles. The lowest BCUT2D eigenvalue weighted by molar-refractivity contribution is 0.397. The van der Waals surface area contributed by atoms with Gasteiger partial charge in [0.15, 0.2) is 0 Å². The largest absolute Gasteiger partial charge is 0.383 e. The van der Waals surface area contributed by atoms with Crippen LogP contribution < -0.4 is 5.73 Å². The highest BCUT2D eigenvalue weighted by molar-refractivity contribution is 5.71. The maximum Gasteiger partial charge on any atom is 0.132 e. The van der Waals surface area contributed by atoms with E-state index in [9.17, 15) is 8.78 Å². The number of anilines is 1. The highest BCUT2D eigenvalue weighted by Gasteiger charge is 2.23. The zero-order valence-electron chi connectivity index (χ0n) is 10.7. The van der Waals surface area contributed by atoms with Crippen LogP contribution in [-0.2, 0) is 13.0 Å². The molecule has 100 valence electrons. The van der Waals surface area contributed by atoms with E-state index in [-0.39, 0.29) is 5.56 Å². The smallest absolute Gasteiger partial charge is 0.132 e. The molecular formula is C14H15F2N3. The highest BCUT2D eigenvalue weighted by atomic mass is 19.1. The van der Waals surface area contributed by atoms with Gasteiger partial charge in [0.05, 0.1) is 0 Å². The molecule has 0 aliphatic carbocycles. The van der Waals surface area contributed by atoms with Gasteiger partial charge in [-0.25, -0.2) is 13.8 Å². The van der Waals surface area contributed by atoms with Crippen LogP contribution in [0.25, 0.3) is 11.3 Å². The molecule has 0 saturated heterocycles. The molecule has 0 amide bonds. The molecule has 0 fully saturated rings. The summed E-state index contributed by atoms with van der Waals surface area (Å²) in [5, 5.41) is 0. The third-order valence-electron chi connectivity index (χ3n) is 3.62. The maximum atomic E-state index is 13.8. The molecule has 1 aromatic carbocycles. The molecule has 3 nitrogen and oxygen atoms in total. The summed E-state index contributed by atoms with van der Waals surface area (Å²) in [6, 6.07) is 3.33. The fraction of sp³-hybridized carbons (Fsp3) is 0.357. The van der Waals surface area contributed by atoms with Gasteiger partial charge in [-0.05, 0) is 30.5 Å². The van der Waals surface area contributed by atoms with Crippen LogP contribution in [0.3, 0.4) is 0 Å². The second kappa shape index (κ2) is 4.33. The summed E-state index contributed by atoms with van der Waals surface area (Å²) < 4.78 is 29.0. The molecular weight excluding hydrogens is 248 g/mol. The number of benzene rings is 1. The van der Waals surface area contributed by atoms with E-state index in [1.165, 1.54) is 0 Å². The number of nitrogens with two attached hydrogens (primary N) is 1. The number of hydrogen-bond donors (Lipinski definition) is 1. The summed E-state index contributed by atoms with van der Waals surface area (Å²) in [6.07, 6.45) is 1.86. The number of imidazole rings is 1. The van der Waals surface area contributed by atoms with Crippen LogP contribution in [0.5, 0.6) is 0 Å². The van der Waals surface area contributed by atoms with Gasteiger partial charge in [0.2, 0.25) is 0 Å². The first kappa shape index (κ1) is 12.1. The number of aromatic nitrogens is 2. The Bertz CT molecular complexity index is 634. The van der Waals surface area contributed by atoms with Gasteiger partial charge in [-0.3, -0.25) is 0 Å². The summed E-state index contributed by atoms with van der Waals surface area (Å²) in [5.41, 5.74) is 6.53. The average Bonchev–Trinajstić information content (AvgIpc) is 2.70. The molecule has 1 unspecified atom stereocenters. The Labute approximate surface area is 110 Å². The van der Waals surface area contributed by atoms with Gasteiger partial charge in [0, 0.05) is 18.5 Å². The Morgan fingerprint density at radius 1 is 1.37 bits per heavy atom. The van der Waals surface area contributed by atoms with E-state index < -0.39 is 11.6 Å². The first-order chi connectivity index (χ1) is 9.06. The van der Waals surface area contributed by atoms with Crippen LogP contribution in [0.1, 0.15) is 19.2 Å². The monoisotopic (exact) mass is 263 g/mol. The van der Waals surface area contributed by atoms with Gasteiger partial charge in [-0.15, -0.1) is 0 Å². The average molecular weight is 263 g/mol. The predicted octanol–water partition coefficient (Wildman–Crippen LogP) is 2.99. The summed E-state index contributed by atoms with van der Waals surface area (Å²) in [7, 11) is 0. The van der Waals surface area contributed by atoms with Gasteiger partial charge in [-0.2, -0.15) is 0 Å². The van der Waals surface area contributed by atoms with Crippen molar-refractivity contribution in [3.05, 3.63) is 35.7 Å². The Hall–Kier alpha value is -1.91. The number of halogens is 2. The molecule has 1 aliphatic heterocycles. The quantitative estimate of drug-likeness (QED) is 0.859. The number of aryl methyl sites for hydroxylation is 1. The van der Waals surface area contributed by atoms with E-state index in [0.29, 0.717) is 17.4 Å². The summed E-state index contributed by atoms with van der Waals surface area (Å²) in [5.74, 6) is 0.807. The van der Waals surface area contributed by atoms with Crippen LogP contribution in [-0.4, -0.2) is 9.55 Å². The van der Waals surface area contributed by atoms with Crippen LogP contribution in [0.4, 0.5) is 14.6 Å². The first-order valence-corrected chi connectivity index (χ1v) is 6.36. The maximum absolute atomic E-state index is 13.8. The van der Waals surface area contributed by atoms with Crippen LogP contribution in [0.15, 0.2) is 18.2 Å². The minimum atomic E-state index is -0.503. The van der Waals surface area contributed by atoms with E-state index >= 15 is 0 Å². The molecule has 0 radical (unpaired) electrons. The SMILES string of the molecule is CC1CCc2nc(-c3cc(F)ccc3F)c(N)n2C1. The minimum Gasteiger partial charge on any atom is -0.383 e. The van der Waals surface area contributed by atoms with Crippen LogP contribution in [0, 0.1) is 17.6 Å². The summed E-state index contributed by atoms with van der Waals surface area (Å²) in [4.78, 5) is 4.39. The molecule has 3 rings (SSSR count). The Morgan fingerprint density at radius 2 is 2.16 bits per heavy atom. The van der Waals surface area contributed by atoms with Crippen molar-refractivity contribution in [2.24, 2.45) is 5.92 Å². The summed E-state index contributed by atoms with van der Waals surface area (Å²) >= 11 is 0. The zero-order valence-corrected chi connectivity index (χ0v) is 10.7. The van der Waals surface area contributed by atoms with Crippen molar-refractivity contribution >= 4 is 5.82 Å². The second-order valence-corrected chi connectivity index (χ2v) is 5.14. The fourth-order valence-electron chi connectivity index (χ4n) is 2.56. The molecule has 0 saturated carbocycles. The van der Waals surface area contributed by atoms with Crippen molar-refractivity contribution in [1.29, 1.82) is 0 Å². The number of nitrogen functional groups attached to an aromatic ring is 1. The summed E-state index contributed by atoms with van der Waals surface area (Å²) in [6.45, 7) is 2.93.